The molecule has 6 aliphatic rings. The maximum absolute atomic E-state index is 12.4. The molecule has 22 nitrogen and oxygen atoms in total. The molecule has 87 heavy (non-hydrogen) atoms. The standard InChI is InChI=1S/C15H18N2O2.C14H16N2O2.C10H11N.C7H11NO3.C7H9N.C6H9NO3.C6H5NO3/c1-16-8-7-15(9-13(16)18)11-17(14(15)19)10-12-5-3-2-4-6-12;17-12-8-14(6-7-15-12)10-16(13(14)18)9-11-4-2-1-3-5-11;11-9-5-4-8-10-6-2-1-3-7-10;1-11-7(10)5-2-3-8-6(9)4-5;8-6-7-4-2-1-3-5-7;2*8-5-3-4(6(9)10)1-2-7-5/h2-6H,7-11H2,1H3;1-5H,6-10H2,(H,15,17);1-3,6-7H,4-5,8H2;5H,2-4H2,1H3,(H,8,9);1-5H,6,8H2;4H,1-3H2,(H,7,8)(H,9,10);1-3H,(H,7,8)(H,9,10). The molecule has 2 spiro atoms. The number of esters is 1. The molecule has 462 valence electrons. The van der Waals surface area contributed by atoms with Gasteiger partial charge < -0.3 is 56.3 Å². The lowest BCUT2D eigenvalue weighted by atomic mass is 9.70. The quantitative estimate of drug-likeness (QED) is 0.0506. The molecule has 6 saturated heterocycles. The number of β-lactam (4-membered cyclic amide) rings is 2. The maximum atomic E-state index is 12.4. The SMILES string of the molecule is CN1CCC2(CC1=O)CN(Cc1ccccc1)C2=O.COC(=O)C1CCNC(=O)C1.N#CCCCc1ccccc1.NCc1ccccc1.O=C(O)c1cc[nH]c(=O)c1.O=C1CC(C(=O)O)CCN1.O=C1CC2(CCN1)CN(Cc1ccccc1)C2=O. The molecule has 8 N–H and O–H groups in total. The van der Waals surface area contributed by atoms with Crippen LogP contribution in [0.5, 0.6) is 0 Å². The summed E-state index contributed by atoms with van der Waals surface area (Å²) in [6, 6.07) is 44.7. The van der Waals surface area contributed by atoms with Gasteiger partial charge in [0.05, 0.1) is 41.4 Å². The second kappa shape index (κ2) is 35.1. The second-order valence-electron chi connectivity index (χ2n) is 21.7. The van der Waals surface area contributed by atoms with Crippen LogP contribution in [-0.2, 0) is 69.1 Å². The predicted octanol–water partition coefficient (Wildman–Crippen LogP) is 5.23. The average molecular weight is 1190 g/mol. The molecule has 4 aromatic carbocycles. The van der Waals surface area contributed by atoms with Crippen LogP contribution in [0.3, 0.4) is 0 Å². The minimum Gasteiger partial charge on any atom is -0.481 e. The van der Waals surface area contributed by atoms with E-state index in [4.69, 9.17) is 21.2 Å². The van der Waals surface area contributed by atoms with Crippen molar-refractivity contribution in [1.82, 2.24) is 35.6 Å². The van der Waals surface area contributed by atoms with E-state index in [1.165, 1.54) is 30.5 Å². The highest BCUT2D eigenvalue weighted by Crippen LogP contribution is 2.43. The molecule has 6 amide bonds. The number of nitrogens with one attached hydrogen (secondary N) is 4. The Morgan fingerprint density at radius 1 is 0.644 bits per heavy atom. The number of likely N-dealkylation sites (tertiary alicyclic amines) is 3. The summed E-state index contributed by atoms with van der Waals surface area (Å²) in [6.45, 7) is 5.80. The lowest BCUT2D eigenvalue weighted by Crippen LogP contribution is -2.64. The van der Waals surface area contributed by atoms with Crippen molar-refractivity contribution in [3.63, 3.8) is 0 Å². The number of methoxy groups -OCH3 is 1. The van der Waals surface area contributed by atoms with E-state index in [1.54, 1.807) is 11.9 Å². The number of ether oxygens (including phenoxy) is 1. The number of piperidine rings is 4. The molecule has 11 rings (SSSR count). The van der Waals surface area contributed by atoms with Crippen LogP contribution in [0.1, 0.15) is 96.8 Å². The smallest absolute Gasteiger partial charge is 0.335 e. The topological polar surface area (TPSA) is 332 Å². The molecule has 6 aliphatic heterocycles. The summed E-state index contributed by atoms with van der Waals surface area (Å²) in [4.78, 5) is 119. The summed E-state index contributed by atoms with van der Waals surface area (Å²) in [7, 11) is 3.15. The number of aliphatic carboxylic acids is 1. The number of unbranched alkanes of at least 4 members (excludes halogenated alkanes) is 1. The summed E-state index contributed by atoms with van der Waals surface area (Å²) < 4.78 is 4.52. The van der Waals surface area contributed by atoms with Crippen LogP contribution < -0.4 is 27.2 Å². The minimum atomic E-state index is -1.09. The van der Waals surface area contributed by atoms with Crippen LogP contribution in [0.2, 0.25) is 0 Å². The second-order valence-corrected chi connectivity index (χ2v) is 21.7. The van der Waals surface area contributed by atoms with Gasteiger partial charge in [-0.3, -0.25) is 43.2 Å². The van der Waals surface area contributed by atoms with E-state index in [2.05, 4.69) is 43.9 Å². The van der Waals surface area contributed by atoms with E-state index in [0.717, 1.165) is 49.4 Å². The Morgan fingerprint density at radius 3 is 1.53 bits per heavy atom. The van der Waals surface area contributed by atoms with Gasteiger partial charge in [0.15, 0.2) is 0 Å². The highest BCUT2D eigenvalue weighted by atomic mass is 16.5. The zero-order valence-electron chi connectivity index (χ0n) is 49.3. The number of aryl methyl sites for hydroxylation is 1. The van der Waals surface area contributed by atoms with Gasteiger partial charge in [-0.05, 0) is 66.8 Å². The Kier molecular flexibility index (Phi) is 27.5. The number of nitriles is 1. The van der Waals surface area contributed by atoms with Crippen molar-refractivity contribution >= 4 is 53.4 Å². The van der Waals surface area contributed by atoms with E-state index in [1.807, 2.05) is 119 Å². The van der Waals surface area contributed by atoms with Crippen molar-refractivity contribution in [2.75, 3.05) is 53.4 Å². The Morgan fingerprint density at radius 2 is 1.13 bits per heavy atom. The first kappa shape index (κ1) is 68.3. The van der Waals surface area contributed by atoms with Crippen molar-refractivity contribution < 1.29 is 58.1 Å². The largest absolute Gasteiger partial charge is 0.481 e. The van der Waals surface area contributed by atoms with Gasteiger partial charge >= 0.3 is 17.9 Å². The fourth-order valence-corrected chi connectivity index (χ4v) is 10.3. The monoisotopic (exact) mass is 1190 g/mol. The van der Waals surface area contributed by atoms with E-state index in [-0.39, 0.29) is 65.7 Å². The number of hydrogen-bond acceptors (Lipinski definition) is 13. The number of benzene rings is 4. The Hall–Kier alpha value is -9.49. The normalized spacial score (nSPS) is 20.5. The number of nitrogens with zero attached hydrogens (tertiary/aromatic N) is 4. The number of aromatic nitrogens is 1. The zero-order valence-corrected chi connectivity index (χ0v) is 49.3. The molecule has 6 fully saturated rings. The molecule has 0 aliphatic carbocycles. The number of aromatic carboxylic acids is 1. The van der Waals surface area contributed by atoms with Gasteiger partial charge in [0.1, 0.15) is 0 Å². The first-order valence-electron chi connectivity index (χ1n) is 28.9. The van der Waals surface area contributed by atoms with Crippen LogP contribution in [0.4, 0.5) is 0 Å². The van der Waals surface area contributed by atoms with Crippen molar-refractivity contribution in [1.29, 1.82) is 5.26 Å². The number of rotatable bonds is 11. The highest BCUT2D eigenvalue weighted by molar-refractivity contribution is 5.95. The fourth-order valence-electron chi connectivity index (χ4n) is 10.3. The van der Waals surface area contributed by atoms with Crippen LogP contribution in [0, 0.1) is 34.0 Å². The number of carboxylic acid groups (broad SMARTS) is 2. The lowest BCUT2D eigenvalue weighted by molar-refractivity contribution is -0.171. The number of carboxylic acids is 2. The number of carbonyl (C=O) groups excluding carboxylic acids is 7. The number of pyridine rings is 1. The summed E-state index contributed by atoms with van der Waals surface area (Å²) in [6.07, 6.45) is 7.93. The number of hydrogen-bond donors (Lipinski definition) is 7. The van der Waals surface area contributed by atoms with E-state index >= 15 is 0 Å². The van der Waals surface area contributed by atoms with Crippen LogP contribution >= 0.6 is 0 Å². The summed E-state index contributed by atoms with van der Waals surface area (Å²) in [5, 5.41) is 33.1. The summed E-state index contributed by atoms with van der Waals surface area (Å²) in [5.41, 5.74) is 8.96. The van der Waals surface area contributed by atoms with Crippen molar-refractivity contribution in [2.45, 2.75) is 90.3 Å². The molecular formula is C65H79N9O13. The van der Waals surface area contributed by atoms with Gasteiger partial charge in [0, 0.05) is 110 Å². The van der Waals surface area contributed by atoms with Crippen molar-refractivity contribution in [2.24, 2.45) is 28.4 Å². The Labute approximate surface area is 506 Å². The third kappa shape index (κ3) is 22.1. The van der Waals surface area contributed by atoms with Gasteiger partial charge in [0.25, 0.3) is 0 Å². The highest BCUT2D eigenvalue weighted by Gasteiger charge is 2.55. The van der Waals surface area contributed by atoms with E-state index in [0.29, 0.717) is 84.5 Å². The van der Waals surface area contributed by atoms with Crippen LogP contribution in [0.15, 0.2) is 144 Å². The van der Waals surface area contributed by atoms with Gasteiger partial charge in [-0.1, -0.05) is 121 Å². The molecule has 22 heteroatoms. The average Bonchev–Trinajstić information content (AvgIpc) is 1.28. The molecule has 0 saturated carbocycles. The minimum absolute atomic E-state index is 0.00347. The molecule has 0 radical (unpaired) electrons. The fraction of sp³-hybridized carbons (Fsp3) is 0.400. The molecule has 0 bridgehead atoms. The number of carbonyl (C=O) groups is 9. The van der Waals surface area contributed by atoms with Gasteiger partial charge in [-0.2, -0.15) is 5.26 Å². The number of H-pyrrole nitrogens is 1. The number of nitrogens with two attached hydrogens (primary N) is 1. The number of aromatic amines is 1. The third-order valence-electron chi connectivity index (χ3n) is 15.2. The maximum Gasteiger partial charge on any atom is 0.335 e. The zero-order chi connectivity index (χ0) is 63.2. The first-order valence-corrected chi connectivity index (χ1v) is 28.9. The molecule has 5 aromatic rings. The predicted molar refractivity (Wildman–Crippen MR) is 322 cm³/mol. The van der Waals surface area contributed by atoms with Gasteiger partial charge in [-0.15, -0.1) is 0 Å². The van der Waals surface area contributed by atoms with Crippen LogP contribution in [0.25, 0.3) is 0 Å². The van der Waals surface area contributed by atoms with Crippen molar-refractivity contribution in [3.05, 3.63) is 178 Å². The van der Waals surface area contributed by atoms with E-state index in [9.17, 15) is 47.9 Å². The Balaban J connectivity index is 0.000000189. The van der Waals surface area contributed by atoms with Crippen molar-refractivity contribution in [3.8, 4) is 6.07 Å². The molecule has 1 aromatic heterocycles. The summed E-state index contributed by atoms with van der Waals surface area (Å²) in [5.74, 6) is -2.75. The van der Waals surface area contributed by atoms with Gasteiger partial charge in [-0.25, -0.2) is 4.79 Å². The lowest BCUT2D eigenvalue weighted by Gasteiger charge is -2.51. The molecule has 4 unspecified atom stereocenters. The summed E-state index contributed by atoms with van der Waals surface area (Å²) >= 11 is 0. The molecule has 4 atom stereocenters. The first-order chi connectivity index (χ1) is 41.8. The molecular weight excluding hydrogens is 1110 g/mol. The van der Waals surface area contributed by atoms with Gasteiger partial charge in [0.2, 0.25) is 41.0 Å². The molecule has 7 heterocycles. The van der Waals surface area contributed by atoms with E-state index < -0.39 is 34.2 Å². The third-order valence-corrected chi connectivity index (χ3v) is 15.2. The Bertz CT molecular complexity index is 3180. The van der Waals surface area contributed by atoms with Crippen LogP contribution in [-0.4, -0.2) is 137 Å². The number of amides is 6.